The number of amides is 2. The summed E-state index contributed by atoms with van der Waals surface area (Å²) in [6.07, 6.45) is 0.596. The number of hydrogen-bond acceptors (Lipinski definition) is 3. The lowest BCUT2D eigenvalue weighted by Crippen LogP contribution is -2.51. The molecule has 1 atom stereocenters. The molecule has 0 saturated heterocycles. The lowest BCUT2D eigenvalue weighted by Gasteiger charge is -2.34. The van der Waals surface area contributed by atoms with Gasteiger partial charge in [-0.1, -0.05) is 45.0 Å². The van der Waals surface area contributed by atoms with Crippen molar-refractivity contribution in [2.75, 3.05) is 6.54 Å². The molecular weight excluding hydrogens is 308 g/mol. The molecular formula is C18H24N2O4. The van der Waals surface area contributed by atoms with E-state index in [2.05, 4.69) is 5.32 Å². The lowest BCUT2D eigenvalue weighted by atomic mass is 9.92. The van der Waals surface area contributed by atoms with Crippen LogP contribution in [-0.4, -0.2) is 40.4 Å². The van der Waals surface area contributed by atoms with E-state index in [-0.39, 0.29) is 36.7 Å². The zero-order valence-corrected chi connectivity index (χ0v) is 14.3. The third kappa shape index (κ3) is 4.57. The smallest absolute Gasteiger partial charge is 0.326 e. The van der Waals surface area contributed by atoms with Crippen LogP contribution >= 0.6 is 0 Å². The number of nitrogens with one attached hydrogen (secondary N) is 1. The first-order valence-electron chi connectivity index (χ1n) is 8.03. The highest BCUT2D eigenvalue weighted by Gasteiger charge is 2.34. The summed E-state index contributed by atoms with van der Waals surface area (Å²) in [7, 11) is 0. The Balaban J connectivity index is 2.04. The van der Waals surface area contributed by atoms with Gasteiger partial charge in [-0.3, -0.25) is 9.59 Å². The van der Waals surface area contributed by atoms with Crippen LogP contribution in [0.2, 0.25) is 0 Å². The molecule has 1 heterocycles. The van der Waals surface area contributed by atoms with Crippen LogP contribution in [0.1, 0.15) is 38.3 Å². The SMILES string of the molecule is CC(C)(C)CC(=O)NCC(=O)N1Cc2ccccc2CC1C(=O)O. The summed E-state index contributed by atoms with van der Waals surface area (Å²) in [5, 5.41) is 12.0. The molecule has 0 aromatic heterocycles. The molecule has 1 unspecified atom stereocenters. The molecule has 24 heavy (non-hydrogen) atoms. The van der Waals surface area contributed by atoms with E-state index < -0.39 is 12.0 Å². The van der Waals surface area contributed by atoms with Gasteiger partial charge < -0.3 is 15.3 Å². The maximum Gasteiger partial charge on any atom is 0.326 e. The first-order chi connectivity index (χ1) is 11.2. The molecule has 6 nitrogen and oxygen atoms in total. The molecule has 0 saturated carbocycles. The van der Waals surface area contributed by atoms with E-state index in [1.165, 1.54) is 4.90 Å². The molecule has 0 spiro atoms. The Bertz CT molecular complexity index is 649. The van der Waals surface area contributed by atoms with Crippen LogP contribution in [0.4, 0.5) is 0 Å². The molecule has 1 aromatic carbocycles. The summed E-state index contributed by atoms with van der Waals surface area (Å²) in [4.78, 5) is 37.2. The average Bonchev–Trinajstić information content (AvgIpc) is 2.49. The minimum Gasteiger partial charge on any atom is -0.480 e. The van der Waals surface area contributed by atoms with Crippen molar-refractivity contribution < 1.29 is 19.5 Å². The largest absolute Gasteiger partial charge is 0.480 e. The van der Waals surface area contributed by atoms with Crippen molar-refractivity contribution >= 4 is 17.8 Å². The summed E-state index contributed by atoms with van der Waals surface area (Å²) in [6.45, 7) is 5.89. The molecule has 0 fully saturated rings. The van der Waals surface area contributed by atoms with Crippen LogP contribution in [0.3, 0.4) is 0 Å². The van der Waals surface area contributed by atoms with E-state index >= 15 is 0 Å². The number of aliphatic carboxylic acids is 1. The molecule has 0 radical (unpaired) electrons. The monoisotopic (exact) mass is 332 g/mol. The molecule has 130 valence electrons. The molecule has 2 rings (SSSR count). The molecule has 6 heteroatoms. The Kier molecular flexibility index (Phi) is 5.26. The van der Waals surface area contributed by atoms with Crippen molar-refractivity contribution in [3.8, 4) is 0 Å². The second kappa shape index (κ2) is 7.03. The number of fused-ring (bicyclic) bond motifs is 1. The molecule has 0 bridgehead atoms. The van der Waals surface area contributed by atoms with Gasteiger partial charge in [0.25, 0.3) is 0 Å². The standard InChI is InChI=1S/C18H24N2O4/c1-18(2,3)9-15(21)19-10-16(22)20-11-13-7-5-4-6-12(13)8-14(20)17(23)24/h4-7,14H,8-11H2,1-3H3,(H,19,21)(H,23,24). The van der Waals surface area contributed by atoms with Gasteiger partial charge in [0, 0.05) is 19.4 Å². The van der Waals surface area contributed by atoms with Gasteiger partial charge in [-0.05, 0) is 16.5 Å². The van der Waals surface area contributed by atoms with Crippen molar-refractivity contribution in [1.29, 1.82) is 0 Å². The number of carboxylic acids is 1. The predicted octanol–water partition coefficient (Wildman–Crippen LogP) is 1.58. The number of hydrogen-bond donors (Lipinski definition) is 2. The summed E-state index contributed by atoms with van der Waals surface area (Å²) in [5.74, 6) is -1.61. The van der Waals surface area contributed by atoms with Gasteiger partial charge in [-0.2, -0.15) is 0 Å². The van der Waals surface area contributed by atoms with Crippen molar-refractivity contribution in [2.45, 2.75) is 46.2 Å². The summed E-state index contributed by atoms with van der Waals surface area (Å²) in [5.41, 5.74) is 1.73. The van der Waals surface area contributed by atoms with Crippen molar-refractivity contribution in [3.05, 3.63) is 35.4 Å². The van der Waals surface area contributed by atoms with Gasteiger partial charge in [-0.25, -0.2) is 4.79 Å². The molecule has 1 aromatic rings. The van der Waals surface area contributed by atoms with Crippen LogP contribution in [-0.2, 0) is 27.3 Å². The van der Waals surface area contributed by atoms with Crippen LogP contribution in [0.15, 0.2) is 24.3 Å². The topological polar surface area (TPSA) is 86.7 Å². The van der Waals surface area contributed by atoms with E-state index in [1.54, 1.807) is 0 Å². The number of carbonyl (C=O) groups excluding carboxylic acids is 2. The van der Waals surface area contributed by atoms with E-state index in [0.29, 0.717) is 6.42 Å². The van der Waals surface area contributed by atoms with Crippen LogP contribution < -0.4 is 5.32 Å². The van der Waals surface area contributed by atoms with Gasteiger partial charge in [0.1, 0.15) is 6.04 Å². The number of rotatable bonds is 4. The quantitative estimate of drug-likeness (QED) is 0.876. The molecule has 0 aliphatic carbocycles. The Morgan fingerprint density at radius 2 is 1.83 bits per heavy atom. The fraction of sp³-hybridized carbons (Fsp3) is 0.500. The van der Waals surface area contributed by atoms with Gasteiger partial charge in [0.05, 0.1) is 6.54 Å². The Labute approximate surface area is 141 Å². The van der Waals surface area contributed by atoms with Gasteiger partial charge >= 0.3 is 5.97 Å². The third-order valence-electron chi connectivity index (χ3n) is 3.98. The maximum absolute atomic E-state index is 12.4. The zero-order chi connectivity index (χ0) is 17.9. The first-order valence-corrected chi connectivity index (χ1v) is 8.03. The zero-order valence-electron chi connectivity index (χ0n) is 14.3. The minimum absolute atomic E-state index is 0.166. The Hall–Kier alpha value is -2.37. The highest BCUT2D eigenvalue weighted by Crippen LogP contribution is 2.23. The van der Waals surface area contributed by atoms with E-state index in [0.717, 1.165) is 11.1 Å². The highest BCUT2D eigenvalue weighted by molar-refractivity contribution is 5.88. The second-order valence-corrected chi connectivity index (χ2v) is 7.36. The number of carboxylic acid groups (broad SMARTS) is 1. The van der Waals surface area contributed by atoms with Gasteiger partial charge in [0.15, 0.2) is 0 Å². The Morgan fingerprint density at radius 1 is 1.21 bits per heavy atom. The summed E-state index contributed by atoms with van der Waals surface area (Å²) < 4.78 is 0. The molecule has 2 amide bonds. The molecule has 2 N–H and O–H groups in total. The normalized spacial score (nSPS) is 17.1. The third-order valence-corrected chi connectivity index (χ3v) is 3.98. The number of carbonyl (C=O) groups is 3. The number of nitrogens with zero attached hydrogens (tertiary/aromatic N) is 1. The van der Waals surface area contributed by atoms with Crippen molar-refractivity contribution in [1.82, 2.24) is 10.2 Å². The van der Waals surface area contributed by atoms with E-state index in [9.17, 15) is 19.5 Å². The minimum atomic E-state index is -1.03. The lowest BCUT2D eigenvalue weighted by molar-refractivity contribution is -0.151. The van der Waals surface area contributed by atoms with Crippen LogP contribution in [0.5, 0.6) is 0 Å². The average molecular weight is 332 g/mol. The Morgan fingerprint density at radius 3 is 2.42 bits per heavy atom. The summed E-state index contributed by atoms with van der Waals surface area (Å²) >= 11 is 0. The first kappa shape index (κ1) is 18.0. The number of benzene rings is 1. The maximum atomic E-state index is 12.4. The van der Waals surface area contributed by atoms with Crippen LogP contribution in [0, 0.1) is 5.41 Å². The predicted molar refractivity (Wildman–Crippen MR) is 89.2 cm³/mol. The fourth-order valence-electron chi connectivity index (χ4n) is 2.83. The van der Waals surface area contributed by atoms with Gasteiger partial charge in [-0.15, -0.1) is 0 Å². The summed E-state index contributed by atoms with van der Waals surface area (Å²) in [6, 6.07) is 6.62. The molecule has 1 aliphatic heterocycles. The van der Waals surface area contributed by atoms with E-state index in [4.69, 9.17) is 0 Å². The van der Waals surface area contributed by atoms with Crippen molar-refractivity contribution in [3.63, 3.8) is 0 Å². The van der Waals surface area contributed by atoms with Crippen LogP contribution in [0.25, 0.3) is 0 Å². The molecule has 1 aliphatic rings. The van der Waals surface area contributed by atoms with E-state index in [1.807, 2.05) is 45.0 Å². The van der Waals surface area contributed by atoms with Gasteiger partial charge in [0.2, 0.25) is 11.8 Å². The fourth-order valence-corrected chi connectivity index (χ4v) is 2.83. The second-order valence-electron chi connectivity index (χ2n) is 7.36. The highest BCUT2D eigenvalue weighted by atomic mass is 16.4. The van der Waals surface area contributed by atoms with Crippen molar-refractivity contribution in [2.24, 2.45) is 5.41 Å².